The van der Waals surface area contributed by atoms with Gasteiger partial charge in [0.2, 0.25) is 5.91 Å². The molecule has 0 fully saturated rings. The maximum atomic E-state index is 13.8. The van der Waals surface area contributed by atoms with Crippen molar-refractivity contribution in [2.24, 2.45) is 0 Å². The second-order valence-electron chi connectivity index (χ2n) is 8.72. The lowest BCUT2D eigenvalue weighted by Gasteiger charge is -2.34. The molecule has 0 aliphatic carbocycles. The molecule has 1 aliphatic rings. The van der Waals surface area contributed by atoms with Crippen LogP contribution in [0, 0.1) is 0 Å². The summed E-state index contributed by atoms with van der Waals surface area (Å²) >= 11 is 0. The van der Waals surface area contributed by atoms with E-state index in [9.17, 15) is 9.59 Å². The Balaban J connectivity index is 1.45. The van der Waals surface area contributed by atoms with Crippen LogP contribution in [0.2, 0.25) is 0 Å². The number of rotatable bonds is 8. The van der Waals surface area contributed by atoms with Crippen LogP contribution in [0.25, 0.3) is 0 Å². The number of carbonyl (C=O) groups excluding carboxylic acids is 2. The number of nitrogens with one attached hydrogen (secondary N) is 1. The van der Waals surface area contributed by atoms with Crippen molar-refractivity contribution < 1.29 is 14.3 Å². The predicted octanol–water partition coefficient (Wildman–Crippen LogP) is 4.62. The lowest BCUT2D eigenvalue weighted by molar-refractivity contribution is -0.126. The summed E-state index contributed by atoms with van der Waals surface area (Å²) in [5.41, 5.74) is 2.25. The van der Waals surface area contributed by atoms with Crippen LogP contribution in [-0.4, -0.2) is 39.4 Å². The van der Waals surface area contributed by atoms with Crippen LogP contribution in [0.3, 0.4) is 0 Å². The Hall–Kier alpha value is -4.39. The number of hydrogen-bond acceptors (Lipinski definition) is 4. The van der Waals surface area contributed by atoms with Crippen molar-refractivity contribution in [3.63, 3.8) is 0 Å². The number of para-hydroxylation sites is 2. The third-order valence-corrected chi connectivity index (χ3v) is 6.30. The molecule has 1 aliphatic heterocycles. The van der Waals surface area contributed by atoms with Gasteiger partial charge in [0, 0.05) is 37.6 Å². The van der Waals surface area contributed by atoms with Crippen molar-refractivity contribution in [3.8, 4) is 11.5 Å². The molecule has 7 heteroatoms. The number of amides is 2. The zero-order valence-electron chi connectivity index (χ0n) is 19.9. The molecule has 0 saturated carbocycles. The van der Waals surface area contributed by atoms with Crippen LogP contribution in [0.4, 0.5) is 0 Å². The Morgan fingerprint density at radius 1 is 0.917 bits per heavy atom. The molecule has 0 bridgehead atoms. The van der Waals surface area contributed by atoms with Gasteiger partial charge in [0.25, 0.3) is 5.91 Å². The number of aryl methyl sites for hydroxylation is 1. The highest BCUT2D eigenvalue weighted by Gasteiger charge is 2.36. The SMILES string of the molecule is O=C(NCCc1ccccc1)C1c2ccccc2Oc2ccccc2C(=O)N1CCCn1ccnc1. The fourth-order valence-corrected chi connectivity index (χ4v) is 4.52. The summed E-state index contributed by atoms with van der Waals surface area (Å²) < 4.78 is 8.15. The molecule has 7 nitrogen and oxygen atoms in total. The second kappa shape index (κ2) is 10.9. The molecule has 0 saturated heterocycles. The molecule has 0 spiro atoms. The first kappa shape index (κ1) is 23.4. The number of aromatic nitrogens is 2. The van der Waals surface area contributed by atoms with E-state index in [1.54, 1.807) is 29.6 Å². The van der Waals surface area contributed by atoms with Gasteiger partial charge in [0.15, 0.2) is 0 Å². The molecular weight excluding hydrogens is 452 g/mol. The molecule has 1 N–H and O–H groups in total. The van der Waals surface area contributed by atoms with Gasteiger partial charge in [-0.05, 0) is 36.6 Å². The first-order valence-corrected chi connectivity index (χ1v) is 12.1. The van der Waals surface area contributed by atoms with Gasteiger partial charge in [0.05, 0.1) is 11.9 Å². The Morgan fingerprint density at radius 2 is 1.67 bits per heavy atom. The topological polar surface area (TPSA) is 76.5 Å². The lowest BCUT2D eigenvalue weighted by Crippen LogP contribution is -2.45. The van der Waals surface area contributed by atoms with Gasteiger partial charge >= 0.3 is 0 Å². The average molecular weight is 481 g/mol. The minimum atomic E-state index is -0.819. The number of ether oxygens (including phenoxy) is 1. The van der Waals surface area contributed by atoms with Crippen molar-refractivity contribution >= 4 is 11.8 Å². The average Bonchev–Trinajstić information content (AvgIpc) is 3.42. The molecule has 3 aromatic carbocycles. The molecule has 1 unspecified atom stereocenters. The van der Waals surface area contributed by atoms with Crippen molar-refractivity contribution in [2.75, 3.05) is 13.1 Å². The Bertz CT molecular complexity index is 1320. The first-order chi connectivity index (χ1) is 17.7. The number of fused-ring (bicyclic) bond motifs is 2. The molecule has 4 aromatic rings. The molecule has 2 amide bonds. The molecule has 182 valence electrons. The predicted molar refractivity (Wildman–Crippen MR) is 137 cm³/mol. The van der Waals surface area contributed by atoms with Crippen molar-refractivity contribution in [2.45, 2.75) is 25.4 Å². The van der Waals surface area contributed by atoms with Crippen LogP contribution in [0.1, 0.15) is 33.9 Å². The largest absolute Gasteiger partial charge is 0.456 e. The van der Waals surface area contributed by atoms with Gasteiger partial charge in [-0.25, -0.2) is 4.98 Å². The van der Waals surface area contributed by atoms with E-state index in [0.29, 0.717) is 55.1 Å². The van der Waals surface area contributed by atoms with Gasteiger partial charge in [-0.1, -0.05) is 60.7 Å². The fraction of sp³-hybridized carbons (Fsp3) is 0.207. The number of carbonyl (C=O) groups is 2. The summed E-state index contributed by atoms with van der Waals surface area (Å²) in [5, 5.41) is 3.06. The van der Waals surface area contributed by atoms with Gasteiger partial charge in [-0.15, -0.1) is 0 Å². The third kappa shape index (κ3) is 5.15. The number of hydrogen-bond donors (Lipinski definition) is 1. The molecule has 1 atom stereocenters. The van der Waals surface area contributed by atoms with Crippen molar-refractivity contribution in [1.29, 1.82) is 0 Å². The molecule has 36 heavy (non-hydrogen) atoms. The molecule has 2 heterocycles. The van der Waals surface area contributed by atoms with E-state index in [1.165, 1.54) is 0 Å². The quantitative estimate of drug-likeness (QED) is 0.399. The summed E-state index contributed by atoms with van der Waals surface area (Å²) in [6, 6.07) is 23.8. The van der Waals surface area contributed by atoms with E-state index < -0.39 is 6.04 Å². The minimum absolute atomic E-state index is 0.225. The standard InChI is InChI=1S/C29H28N4O3/c34-28(31-16-15-22-9-2-1-3-10-22)27-23-11-4-6-13-25(23)36-26-14-7-5-12-24(26)29(35)33(27)19-8-18-32-20-17-30-21-32/h1-7,9-14,17,20-21,27H,8,15-16,18-19H2,(H,31,34). The minimum Gasteiger partial charge on any atom is -0.456 e. The van der Waals surface area contributed by atoms with Crippen LogP contribution in [0.5, 0.6) is 11.5 Å². The van der Waals surface area contributed by atoms with Crippen molar-refractivity contribution in [3.05, 3.63) is 114 Å². The number of benzene rings is 3. The molecule has 0 radical (unpaired) electrons. The van der Waals surface area contributed by atoms with E-state index in [-0.39, 0.29) is 11.8 Å². The zero-order valence-corrected chi connectivity index (χ0v) is 19.9. The van der Waals surface area contributed by atoms with Gasteiger partial charge in [-0.3, -0.25) is 9.59 Å². The summed E-state index contributed by atoms with van der Waals surface area (Å²) in [6.45, 7) is 1.55. The highest BCUT2D eigenvalue weighted by molar-refractivity contribution is 6.00. The van der Waals surface area contributed by atoms with Crippen LogP contribution in [0.15, 0.2) is 97.6 Å². The Kier molecular flexibility index (Phi) is 7.07. The van der Waals surface area contributed by atoms with Crippen LogP contribution < -0.4 is 10.1 Å². The van der Waals surface area contributed by atoms with E-state index in [4.69, 9.17) is 4.74 Å². The van der Waals surface area contributed by atoms with Crippen LogP contribution in [-0.2, 0) is 17.8 Å². The van der Waals surface area contributed by atoms with Gasteiger partial charge < -0.3 is 19.5 Å². The van der Waals surface area contributed by atoms with Crippen LogP contribution >= 0.6 is 0 Å². The Labute approximate surface area is 210 Å². The summed E-state index contributed by atoms with van der Waals surface area (Å²) in [4.78, 5) is 33.3. The maximum Gasteiger partial charge on any atom is 0.258 e. The zero-order chi connectivity index (χ0) is 24.7. The maximum absolute atomic E-state index is 13.8. The number of imidazole rings is 1. The van der Waals surface area contributed by atoms with E-state index in [1.807, 2.05) is 77.5 Å². The molecule has 5 rings (SSSR count). The van der Waals surface area contributed by atoms with E-state index >= 15 is 0 Å². The summed E-state index contributed by atoms with van der Waals surface area (Å²) in [5.74, 6) is 0.601. The lowest BCUT2D eigenvalue weighted by atomic mass is 9.99. The highest BCUT2D eigenvalue weighted by atomic mass is 16.5. The van der Waals surface area contributed by atoms with Crippen molar-refractivity contribution in [1.82, 2.24) is 19.8 Å². The highest BCUT2D eigenvalue weighted by Crippen LogP contribution is 2.38. The summed E-state index contributed by atoms with van der Waals surface area (Å²) in [7, 11) is 0. The van der Waals surface area contributed by atoms with Gasteiger partial charge in [0.1, 0.15) is 17.5 Å². The monoisotopic (exact) mass is 480 g/mol. The smallest absolute Gasteiger partial charge is 0.258 e. The first-order valence-electron chi connectivity index (χ1n) is 12.1. The molecule has 1 aromatic heterocycles. The summed E-state index contributed by atoms with van der Waals surface area (Å²) in [6.07, 6.45) is 6.74. The second-order valence-corrected chi connectivity index (χ2v) is 8.72. The number of nitrogens with zero attached hydrogens (tertiary/aromatic N) is 3. The van der Waals surface area contributed by atoms with E-state index in [0.717, 1.165) is 5.56 Å². The van der Waals surface area contributed by atoms with E-state index in [2.05, 4.69) is 10.3 Å². The normalized spacial score (nSPS) is 14.7. The fourth-order valence-electron chi connectivity index (χ4n) is 4.52. The third-order valence-electron chi connectivity index (χ3n) is 6.30. The Morgan fingerprint density at radius 3 is 2.47 bits per heavy atom. The van der Waals surface area contributed by atoms with Gasteiger partial charge in [-0.2, -0.15) is 0 Å². The molecular formula is C29H28N4O3.